The van der Waals surface area contributed by atoms with E-state index in [4.69, 9.17) is 10.5 Å². The first-order chi connectivity index (χ1) is 8.26. The van der Waals surface area contributed by atoms with Gasteiger partial charge in [0.2, 0.25) is 0 Å². The van der Waals surface area contributed by atoms with Crippen LogP contribution in [0, 0.1) is 0 Å². The van der Waals surface area contributed by atoms with Crippen molar-refractivity contribution in [3.63, 3.8) is 0 Å². The highest BCUT2D eigenvalue weighted by Gasteiger charge is 2.08. The van der Waals surface area contributed by atoms with Crippen molar-refractivity contribution >= 4 is 0 Å². The number of hydrogen-bond donors (Lipinski definition) is 1. The Morgan fingerprint density at radius 3 is 2.59 bits per heavy atom. The van der Waals surface area contributed by atoms with Crippen LogP contribution in [0.1, 0.15) is 12.6 Å². The first-order valence-corrected chi connectivity index (χ1v) is 5.70. The van der Waals surface area contributed by atoms with E-state index in [1.165, 1.54) is 0 Å². The van der Waals surface area contributed by atoms with Crippen molar-refractivity contribution in [2.45, 2.75) is 13.5 Å². The van der Waals surface area contributed by atoms with Gasteiger partial charge < -0.3 is 10.5 Å². The first kappa shape index (κ1) is 11.7. The van der Waals surface area contributed by atoms with E-state index in [1.807, 2.05) is 49.1 Å². The van der Waals surface area contributed by atoms with Gasteiger partial charge in [0.25, 0.3) is 0 Å². The standard InChI is InChI=1S/C13H17N3O/c1-3-17-11-6-4-10(5-7-11)12-9-15-16(2)13(12)8-14/h4-7,9H,3,8,14H2,1-2H3. The maximum atomic E-state index is 5.73. The zero-order valence-electron chi connectivity index (χ0n) is 10.2. The molecule has 0 bridgehead atoms. The SMILES string of the molecule is CCOc1ccc(-c2cnn(C)c2CN)cc1. The molecule has 4 heteroatoms. The van der Waals surface area contributed by atoms with Crippen LogP contribution in [-0.2, 0) is 13.6 Å². The molecule has 2 N–H and O–H groups in total. The highest BCUT2D eigenvalue weighted by Crippen LogP contribution is 2.25. The van der Waals surface area contributed by atoms with Gasteiger partial charge in [-0.3, -0.25) is 4.68 Å². The van der Waals surface area contributed by atoms with Crippen LogP contribution in [0.4, 0.5) is 0 Å². The number of hydrogen-bond acceptors (Lipinski definition) is 3. The van der Waals surface area contributed by atoms with E-state index in [1.54, 1.807) is 0 Å². The summed E-state index contributed by atoms with van der Waals surface area (Å²) in [4.78, 5) is 0. The topological polar surface area (TPSA) is 53.1 Å². The predicted molar refractivity (Wildman–Crippen MR) is 67.7 cm³/mol. The van der Waals surface area contributed by atoms with Gasteiger partial charge in [-0.2, -0.15) is 5.10 Å². The van der Waals surface area contributed by atoms with Gasteiger partial charge in [0.1, 0.15) is 5.75 Å². The molecule has 0 amide bonds. The third-order valence-electron chi connectivity index (χ3n) is 2.73. The average molecular weight is 231 g/mol. The Labute approximate surface area is 101 Å². The van der Waals surface area contributed by atoms with Crippen LogP contribution in [-0.4, -0.2) is 16.4 Å². The minimum Gasteiger partial charge on any atom is -0.494 e. The minimum absolute atomic E-state index is 0.485. The van der Waals surface area contributed by atoms with Crippen molar-refractivity contribution in [1.82, 2.24) is 9.78 Å². The molecule has 0 aliphatic carbocycles. The van der Waals surface area contributed by atoms with Crippen LogP contribution >= 0.6 is 0 Å². The fraction of sp³-hybridized carbons (Fsp3) is 0.308. The molecule has 2 rings (SSSR count). The number of aromatic nitrogens is 2. The number of benzene rings is 1. The Hall–Kier alpha value is -1.81. The summed E-state index contributed by atoms with van der Waals surface area (Å²) in [5.74, 6) is 0.884. The molecular weight excluding hydrogens is 214 g/mol. The van der Waals surface area contributed by atoms with Crippen LogP contribution < -0.4 is 10.5 Å². The number of rotatable bonds is 4. The van der Waals surface area contributed by atoms with Gasteiger partial charge in [-0.1, -0.05) is 12.1 Å². The number of aryl methyl sites for hydroxylation is 1. The van der Waals surface area contributed by atoms with Crippen LogP contribution in [0.15, 0.2) is 30.5 Å². The summed E-state index contributed by atoms with van der Waals surface area (Å²) >= 11 is 0. The van der Waals surface area contributed by atoms with Gasteiger partial charge in [-0.05, 0) is 24.6 Å². The van der Waals surface area contributed by atoms with Crippen LogP contribution in [0.3, 0.4) is 0 Å². The van der Waals surface area contributed by atoms with Gasteiger partial charge in [0, 0.05) is 19.2 Å². The monoisotopic (exact) mass is 231 g/mol. The minimum atomic E-state index is 0.485. The van der Waals surface area contributed by atoms with Gasteiger partial charge in [-0.25, -0.2) is 0 Å². The molecule has 0 fully saturated rings. The van der Waals surface area contributed by atoms with Gasteiger partial charge >= 0.3 is 0 Å². The Morgan fingerprint density at radius 2 is 2.00 bits per heavy atom. The zero-order valence-corrected chi connectivity index (χ0v) is 10.2. The van der Waals surface area contributed by atoms with E-state index < -0.39 is 0 Å². The molecule has 1 aromatic heterocycles. The maximum absolute atomic E-state index is 5.73. The number of nitrogens with zero attached hydrogens (tertiary/aromatic N) is 2. The molecule has 1 aromatic carbocycles. The number of ether oxygens (including phenoxy) is 1. The van der Waals surface area contributed by atoms with Gasteiger partial charge in [-0.15, -0.1) is 0 Å². The fourth-order valence-corrected chi connectivity index (χ4v) is 1.84. The highest BCUT2D eigenvalue weighted by molar-refractivity contribution is 5.66. The summed E-state index contributed by atoms with van der Waals surface area (Å²) in [6, 6.07) is 7.99. The highest BCUT2D eigenvalue weighted by atomic mass is 16.5. The Kier molecular flexibility index (Phi) is 3.44. The smallest absolute Gasteiger partial charge is 0.119 e. The molecule has 0 aliphatic rings. The second-order valence-corrected chi connectivity index (χ2v) is 3.79. The summed E-state index contributed by atoms with van der Waals surface area (Å²) in [5, 5.41) is 4.23. The Bertz CT molecular complexity index is 488. The van der Waals surface area contributed by atoms with E-state index in [0.29, 0.717) is 13.2 Å². The summed E-state index contributed by atoms with van der Waals surface area (Å²) < 4.78 is 7.22. The van der Waals surface area contributed by atoms with Gasteiger partial charge in [0.05, 0.1) is 18.5 Å². The molecule has 0 aliphatic heterocycles. The summed E-state index contributed by atoms with van der Waals surface area (Å²) in [7, 11) is 1.90. The summed E-state index contributed by atoms with van der Waals surface area (Å²) in [6.45, 7) is 3.14. The van der Waals surface area contributed by atoms with Crippen molar-refractivity contribution in [3.8, 4) is 16.9 Å². The molecule has 0 atom stereocenters. The lowest BCUT2D eigenvalue weighted by molar-refractivity contribution is 0.340. The molecule has 0 saturated heterocycles. The fourth-order valence-electron chi connectivity index (χ4n) is 1.84. The predicted octanol–water partition coefficient (Wildman–Crippen LogP) is 1.94. The van der Waals surface area contributed by atoms with Crippen molar-refractivity contribution in [3.05, 3.63) is 36.2 Å². The molecule has 0 spiro atoms. The van der Waals surface area contributed by atoms with Crippen molar-refractivity contribution < 1.29 is 4.74 Å². The van der Waals surface area contributed by atoms with E-state index in [9.17, 15) is 0 Å². The average Bonchev–Trinajstić information content (AvgIpc) is 2.72. The lowest BCUT2D eigenvalue weighted by Gasteiger charge is -2.06. The molecule has 1 heterocycles. The Morgan fingerprint density at radius 1 is 1.29 bits per heavy atom. The largest absolute Gasteiger partial charge is 0.494 e. The van der Waals surface area contributed by atoms with Crippen molar-refractivity contribution in [2.75, 3.05) is 6.61 Å². The van der Waals surface area contributed by atoms with E-state index in [0.717, 1.165) is 22.6 Å². The summed E-state index contributed by atoms with van der Waals surface area (Å²) in [5.41, 5.74) is 8.96. The molecule has 4 nitrogen and oxygen atoms in total. The second kappa shape index (κ2) is 5.01. The van der Waals surface area contributed by atoms with Gasteiger partial charge in [0.15, 0.2) is 0 Å². The lowest BCUT2D eigenvalue weighted by Crippen LogP contribution is -2.05. The van der Waals surface area contributed by atoms with Crippen molar-refractivity contribution in [1.29, 1.82) is 0 Å². The third-order valence-corrected chi connectivity index (χ3v) is 2.73. The van der Waals surface area contributed by atoms with Crippen LogP contribution in [0.25, 0.3) is 11.1 Å². The molecule has 2 aromatic rings. The molecule has 0 saturated carbocycles. The van der Waals surface area contributed by atoms with Crippen molar-refractivity contribution in [2.24, 2.45) is 12.8 Å². The van der Waals surface area contributed by atoms with E-state index in [-0.39, 0.29) is 0 Å². The molecule has 0 unspecified atom stereocenters. The zero-order chi connectivity index (χ0) is 12.3. The normalized spacial score (nSPS) is 10.5. The third kappa shape index (κ3) is 2.31. The second-order valence-electron chi connectivity index (χ2n) is 3.79. The Balaban J connectivity index is 2.33. The first-order valence-electron chi connectivity index (χ1n) is 5.70. The quantitative estimate of drug-likeness (QED) is 0.875. The van der Waals surface area contributed by atoms with Crippen LogP contribution in [0.2, 0.25) is 0 Å². The number of nitrogens with two attached hydrogens (primary N) is 1. The van der Waals surface area contributed by atoms with E-state index in [2.05, 4.69) is 5.10 Å². The summed E-state index contributed by atoms with van der Waals surface area (Å²) in [6.07, 6.45) is 1.85. The van der Waals surface area contributed by atoms with E-state index >= 15 is 0 Å². The van der Waals surface area contributed by atoms with Crippen LogP contribution in [0.5, 0.6) is 5.75 Å². The molecular formula is C13H17N3O. The molecule has 0 radical (unpaired) electrons. The molecule has 17 heavy (non-hydrogen) atoms. The molecule has 90 valence electrons. The maximum Gasteiger partial charge on any atom is 0.119 e. The lowest BCUT2D eigenvalue weighted by atomic mass is 10.1.